The topological polar surface area (TPSA) is 70.7 Å². The molecule has 1 amide bonds. The van der Waals surface area contributed by atoms with Crippen molar-refractivity contribution in [3.05, 3.63) is 65.2 Å². The number of anilines is 1. The number of rotatable bonds is 5. The van der Waals surface area contributed by atoms with Crippen LogP contribution in [0.15, 0.2) is 53.5 Å². The number of likely N-dealkylation sites (tertiary alicyclic amines) is 1. The molecule has 1 aliphatic carbocycles. The van der Waals surface area contributed by atoms with Crippen molar-refractivity contribution in [3.8, 4) is 0 Å². The first-order valence-corrected chi connectivity index (χ1v) is 9.68. The normalized spacial score (nSPS) is 18.7. The lowest BCUT2D eigenvalue weighted by Crippen LogP contribution is -2.26. The molecule has 2 aromatic carbocycles. The Bertz CT molecular complexity index is 853. The van der Waals surface area contributed by atoms with Gasteiger partial charge in [-0.3, -0.25) is 9.79 Å². The second-order valence-electron chi connectivity index (χ2n) is 7.52. The third-order valence-corrected chi connectivity index (χ3v) is 5.40. The van der Waals surface area contributed by atoms with Crippen molar-refractivity contribution in [3.63, 3.8) is 0 Å². The summed E-state index contributed by atoms with van der Waals surface area (Å²) in [5.41, 5.74) is 11.1. The summed E-state index contributed by atoms with van der Waals surface area (Å²) in [6.07, 6.45) is 4.09. The maximum absolute atomic E-state index is 12.3. The second-order valence-corrected chi connectivity index (χ2v) is 7.52. The Kier molecular flexibility index (Phi) is 6.93. The standard InChI is InChI=1S/C22H26N4O.HI/c23-22(25-20-10-9-18-7-4-8-19(18)12-20)24-13-17-11-21(27)26(15-17)14-16-5-2-1-3-6-16;/h1-3,5-6,9-10,12,17H,4,7-8,11,13-15H2,(H3,23,24,25);1H. The molecule has 1 fully saturated rings. The minimum Gasteiger partial charge on any atom is -0.370 e. The van der Waals surface area contributed by atoms with E-state index in [0.29, 0.717) is 25.5 Å². The molecule has 0 saturated carbocycles. The number of amides is 1. The first kappa shape index (κ1) is 20.6. The molecule has 0 aromatic heterocycles. The predicted octanol–water partition coefficient (Wildman–Crippen LogP) is 3.57. The molecule has 5 nitrogen and oxygen atoms in total. The van der Waals surface area contributed by atoms with Gasteiger partial charge >= 0.3 is 0 Å². The Balaban J connectivity index is 0.00000225. The number of carbonyl (C=O) groups is 1. The second kappa shape index (κ2) is 9.41. The van der Waals surface area contributed by atoms with E-state index < -0.39 is 0 Å². The lowest BCUT2D eigenvalue weighted by atomic mass is 10.1. The summed E-state index contributed by atoms with van der Waals surface area (Å²) in [5, 5.41) is 3.19. The van der Waals surface area contributed by atoms with Gasteiger partial charge < -0.3 is 16.0 Å². The van der Waals surface area contributed by atoms with Gasteiger partial charge in [0.25, 0.3) is 0 Å². The first-order chi connectivity index (χ1) is 13.2. The van der Waals surface area contributed by atoms with E-state index >= 15 is 0 Å². The summed E-state index contributed by atoms with van der Waals surface area (Å²) in [4.78, 5) is 18.7. The molecule has 0 bridgehead atoms. The highest BCUT2D eigenvalue weighted by Gasteiger charge is 2.29. The third kappa shape index (κ3) is 5.04. The van der Waals surface area contributed by atoms with E-state index in [1.54, 1.807) is 0 Å². The number of aryl methyl sites for hydroxylation is 2. The maximum atomic E-state index is 12.3. The number of nitrogens with one attached hydrogen (secondary N) is 1. The van der Waals surface area contributed by atoms with Crippen molar-refractivity contribution in [2.75, 3.05) is 18.4 Å². The number of hydrogen-bond acceptors (Lipinski definition) is 2. The Morgan fingerprint density at radius 1 is 1.14 bits per heavy atom. The van der Waals surface area contributed by atoms with E-state index in [4.69, 9.17) is 5.73 Å². The molecule has 148 valence electrons. The van der Waals surface area contributed by atoms with E-state index in [1.807, 2.05) is 23.1 Å². The van der Waals surface area contributed by atoms with Crippen molar-refractivity contribution in [2.45, 2.75) is 32.2 Å². The molecule has 4 rings (SSSR count). The molecular weight excluding hydrogens is 463 g/mol. The Morgan fingerprint density at radius 3 is 2.75 bits per heavy atom. The zero-order valence-electron chi connectivity index (χ0n) is 15.9. The summed E-state index contributed by atoms with van der Waals surface area (Å²) in [6.45, 7) is 1.98. The zero-order chi connectivity index (χ0) is 18.6. The highest BCUT2D eigenvalue weighted by Crippen LogP contribution is 2.25. The molecule has 1 unspecified atom stereocenters. The number of fused-ring (bicyclic) bond motifs is 1. The van der Waals surface area contributed by atoms with Gasteiger partial charge in [0, 0.05) is 37.7 Å². The molecule has 0 radical (unpaired) electrons. The maximum Gasteiger partial charge on any atom is 0.223 e. The van der Waals surface area contributed by atoms with Gasteiger partial charge in [0.1, 0.15) is 0 Å². The lowest BCUT2D eigenvalue weighted by molar-refractivity contribution is -0.128. The van der Waals surface area contributed by atoms with Crippen molar-refractivity contribution in [2.24, 2.45) is 16.6 Å². The highest BCUT2D eigenvalue weighted by atomic mass is 127. The number of nitrogens with zero attached hydrogens (tertiary/aromatic N) is 2. The largest absolute Gasteiger partial charge is 0.370 e. The number of hydrogen-bond donors (Lipinski definition) is 2. The van der Waals surface area contributed by atoms with E-state index in [0.717, 1.165) is 24.2 Å². The first-order valence-electron chi connectivity index (χ1n) is 9.68. The smallest absolute Gasteiger partial charge is 0.223 e. The fourth-order valence-electron chi connectivity index (χ4n) is 4.00. The van der Waals surface area contributed by atoms with Gasteiger partial charge in [-0.05, 0) is 48.1 Å². The van der Waals surface area contributed by atoms with Crippen LogP contribution in [-0.4, -0.2) is 29.9 Å². The summed E-state index contributed by atoms with van der Waals surface area (Å²) in [5.74, 6) is 0.840. The van der Waals surface area contributed by atoms with Gasteiger partial charge in [-0.1, -0.05) is 36.4 Å². The van der Waals surface area contributed by atoms with Crippen molar-refractivity contribution in [1.29, 1.82) is 0 Å². The van der Waals surface area contributed by atoms with E-state index in [1.165, 1.54) is 24.0 Å². The number of benzene rings is 2. The summed E-state index contributed by atoms with van der Waals surface area (Å²) >= 11 is 0. The van der Waals surface area contributed by atoms with Crippen LogP contribution in [0, 0.1) is 5.92 Å². The summed E-state index contributed by atoms with van der Waals surface area (Å²) < 4.78 is 0. The van der Waals surface area contributed by atoms with Crippen molar-refractivity contribution >= 4 is 41.5 Å². The van der Waals surface area contributed by atoms with Gasteiger partial charge in [0.15, 0.2) is 5.96 Å². The molecule has 3 N–H and O–H groups in total. The van der Waals surface area contributed by atoms with Gasteiger partial charge in [0.05, 0.1) is 0 Å². The highest BCUT2D eigenvalue weighted by molar-refractivity contribution is 14.0. The molecule has 6 heteroatoms. The van der Waals surface area contributed by atoms with E-state index in [-0.39, 0.29) is 35.8 Å². The van der Waals surface area contributed by atoms with Gasteiger partial charge in [-0.15, -0.1) is 24.0 Å². The molecule has 1 aliphatic heterocycles. The van der Waals surface area contributed by atoms with Crippen LogP contribution in [0.5, 0.6) is 0 Å². The quantitative estimate of drug-likeness (QED) is 0.383. The predicted molar refractivity (Wildman–Crippen MR) is 124 cm³/mol. The number of halogens is 1. The SMILES string of the molecule is I.NC(=NCC1CC(=O)N(Cc2ccccc2)C1)Nc1ccc2c(c1)CCC2. The minimum absolute atomic E-state index is 0. The average molecular weight is 490 g/mol. The van der Waals surface area contributed by atoms with Crippen LogP contribution in [-0.2, 0) is 24.2 Å². The van der Waals surface area contributed by atoms with Crippen LogP contribution < -0.4 is 11.1 Å². The Labute approximate surface area is 183 Å². The van der Waals surface area contributed by atoms with Gasteiger partial charge in [-0.25, -0.2) is 0 Å². The fourth-order valence-corrected chi connectivity index (χ4v) is 4.00. The molecular formula is C22H27IN4O. The van der Waals surface area contributed by atoms with Crippen LogP contribution in [0.25, 0.3) is 0 Å². The Morgan fingerprint density at radius 2 is 1.93 bits per heavy atom. The number of nitrogens with two attached hydrogens (primary N) is 1. The van der Waals surface area contributed by atoms with Crippen molar-refractivity contribution < 1.29 is 4.79 Å². The van der Waals surface area contributed by atoms with E-state index in [9.17, 15) is 4.79 Å². The summed E-state index contributed by atoms with van der Waals surface area (Å²) in [7, 11) is 0. The minimum atomic E-state index is 0. The van der Waals surface area contributed by atoms with Crippen LogP contribution in [0.3, 0.4) is 0 Å². The van der Waals surface area contributed by atoms with Crippen LogP contribution in [0.1, 0.15) is 29.5 Å². The number of guanidine groups is 1. The molecule has 28 heavy (non-hydrogen) atoms. The van der Waals surface area contributed by atoms with Gasteiger partial charge in [0.2, 0.25) is 5.91 Å². The molecule has 2 aromatic rings. The molecule has 0 spiro atoms. The summed E-state index contributed by atoms with van der Waals surface area (Å²) in [6, 6.07) is 16.5. The molecule has 1 heterocycles. The zero-order valence-corrected chi connectivity index (χ0v) is 18.3. The average Bonchev–Trinajstić information content (AvgIpc) is 3.27. The third-order valence-electron chi connectivity index (χ3n) is 5.40. The van der Waals surface area contributed by atoms with Crippen molar-refractivity contribution in [1.82, 2.24) is 4.90 Å². The monoisotopic (exact) mass is 490 g/mol. The van der Waals surface area contributed by atoms with E-state index in [2.05, 4.69) is 40.6 Å². The number of carbonyl (C=O) groups excluding carboxylic acids is 1. The lowest BCUT2D eigenvalue weighted by Gasteiger charge is -2.16. The number of aliphatic imine (C=N–C) groups is 1. The molecule has 1 saturated heterocycles. The van der Waals surface area contributed by atoms with Crippen LogP contribution in [0.2, 0.25) is 0 Å². The Hall–Kier alpha value is -2.09. The van der Waals surface area contributed by atoms with Crippen LogP contribution in [0.4, 0.5) is 5.69 Å². The molecule has 2 aliphatic rings. The van der Waals surface area contributed by atoms with Gasteiger partial charge in [-0.2, -0.15) is 0 Å². The molecule has 1 atom stereocenters. The van der Waals surface area contributed by atoms with Crippen LogP contribution >= 0.6 is 24.0 Å². The fraction of sp³-hybridized carbons (Fsp3) is 0.364.